The molecule has 0 aliphatic carbocycles. The van der Waals surface area contributed by atoms with Crippen LogP contribution in [0.4, 0.5) is 4.39 Å². The van der Waals surface area contributed by atoms with Crippen molar-refractivity contribution in [2.24, 2.45) is 0 Å². The fraction of sp³-hybridized carbons (Fsp3) is 0.222. The number of carbonyl (C=O) groups is 1. The summed E-state index contributed by atoms with van der Waals surface area (Å²) in [6.45, 7) is 3.08. The maximum atomic E-state index is 12.9. The Morgan fingerprint density at radius 3 is 2.58 bits per heavy atom. The molecule has 0 aliphatic heterocycles. The van der Waals surface area contributed by atoms with Crippen molar-refractivity contribution in [1.29, 1.82) is 0 Å². The minimum absolute atomic E-state index is 0.0897. The molecule has 0 aliphatic rings. The summed E-state index contributed by atoms with van der Waals surface area (Å²) in [5.74, 6) is -0.760. The minimum Gasteiger partial charge on any atom is -0.294 e. The topological polar surface area (TPSA) is 17.1 Å². The van der Waals surface area contributed by atoms with Gasteiger partial charge in [-0.1, -0.05) is 11.6 Å². The van der Waals surface area contributed by atoms with Gasteiger partial charge < -0.3 is 0 Å². The molecule has 0 atom stereocenters. The van der Waals surface area contributed by atoms with E-state index in [4.69, 9.17) is 11.6 Å². The van der Waals surface area contributed by atoms with E-state index < -0.39 is 5.82 Å². The highest BCUT2D eigenvalue weighted by atomic mass is 35.5. The van der Waals surface area contributed by atoms with Crippen LogP contribution in [0.25, 0.3) is 0 Å². The number of hydrogen-bond acceptors (Lipinski definition) is 1. The average Bonchev–Trinajstić information content (AvgIpc) is 1.96. The zero-order valence-electron chi connectivity index (χ0n) is 6.82. The molecule has 3 heteroatoms. The van der Waals surface area contributed by atoms with Crippen LogP contribution in [0, 0.1) is 12.7 Å². The van der Waals surface area contributed by atoms with Gasteiger partial charge in [-0.3, -0.25) is 4.79 Å². The third-order valence-corrected chi connectivity index (χ3v) is 1.94. The Bertz CT molecular complexity index is 334. The Kier molecular flexibility index (Phi) is 2.48. The molecular weight excluding hydrogens is 179 g/mol. The Labute approximate surface area is 75.2 Å². The van der Waals surface area contributed by atoms with E-state index in [0.29, 0.717) is 5.56 Å². The Morgan fingerprint density at radius 1 is 1.50 bits per heavy atom. The van der Waals surface area contributed by atoms with Crippen LogP contribution in [0.1, 0.15) is 22.8 Å². The van der Waals surface area contributed by atoms with Crippen molar-refractivity contribution >= 4 is 17.4 Å². The summed E-state index contributed by atoms with van der Waals surface area (Å²) in [4.78, 5) is 10.9. The van der Waals surface area contributed by atoms with Gasteiger partial charge in [0.05, 0.1) is 5.02 Å². The van der Waals surface area contributed by atoms with Crippen molar-refractivity contribution in [2.75, 3.05) is 0 Å². The van der Waals surface area contributed by atoms with Gasteiger partial charge in [0.25, 0.3) is 0 Å². The molecule has 12 heavy (non-hydrogen) atoms. The maximum Gasteiger partial charge on any atom is 0.161 e. The zero-order valence-corrected chi connectivity index (χ0v) is 7.57. The van der Waals surface area contributed by atoms with Crippen LogP contribution in [0.5, 0.6) is 0 Å². The van der Waals surface area contributed by atoms with Crippen molar-refractivity contribution in [3.63, 3.8) is 0 Å². The molecule has 0 saturated heterocycles. The predicted octanol–water partition coefficient (Wildman–Crippen LogP) is 2.99. The van der Waals surface area contributed by atoms with Crippen LogP contribution in [-0.2, 0) is 0 Å². The van der Waals surface area contributed by atoms with Crippen LogP contribution in [0.2, 0.25) is 5.02 Å². The van der Waals surface area contributed by atoms with E-state index >= 15 is 0 Å². The van der Waals surface area contributed by atoms with Crippen molar-refractivity contribution in [1.82, 2.24) is 0 Å². The number of ketones is 1. The summed E-state index contributed by atoms with van der Waals surface area (Å²) in [6.07, 6.45) is 0. The highest BCUT2D eigenvalue weighted by molar-refractivity contribution is 6.34. The van der Waals surface area contributed by atoms with Gasteiger partial charge in [0.15, 0.2) is 5.78 Å². The molecule has 0 saturated carbocycles. The molecule has 0 amide bonds. The summed E-state index contributed by atoms with van der Waals surface area (Å²) in [5.41, 5.74) is 0.941. The lowest BCUT2D eigenvalue weighted by Crippen LogP contribution is -1.96. The van der Waals surface area contributed by atoms with Crippen LogP contribution >= 0.6 is 11.6 Å². The highest BCUT2D eigenvalue weighted by Crippen LogP contribution is 2.21. The number of aryl methyl sites for hydroxylation is 1. The molecule has 1 aromatic rings. The molecule has 0 radical (unpaired) electrons. The van der Waals surface area contributed by atoms with Gasteiger partial charge in [-0.2, -0.15) is 0 Å². The second kappa shape index (κ2) is 3.23. The first-order chi connectivity index (χ1) is 5.52. The molecule has 0 N–H and O–H groups in total. The Morgan fingerprint density at radius 2 is 2.08 bits per heavy atom. The molecule has 1 rings (SSSR count). The lowest BCUT2D eigenvalue weighted by atomic mass is 10.1. The number of hydrogen-bond donors (Lipinski definition) is 0. The molecule has 64 valence electrons. The van der Waals surface area contributed by atoms with Gasteiger partial charge in [0.2, 0.25) is 0 Å². The third-order valence-electron chi connectivity index (χ3n) is 1.55. The minimum atomic E-state index is -0.540. The van der Waals surface area contributed by atoms with Crippen molar-refractivity contribution in [2.45, 2.75) is 13.8 Å². The standard InChI is InChI=1S/C9H8ClFO/c1-5-3-7(6(2)12)9(10)8(11)4-5/h3-4H,1-2H3. The highest BCUT2D eigenvalue weighted by Gasteiger charge is 2.10. The zero-order chi connectivity index (χ0) is 9.30. The molecule has 0 spiro atoms. The molecular formula is C9H8ClFO. The largest absolute Gasteiger partial charge is 0.294 e. The van der Waals surface area contributed by atoms with Gasteiger partial charge in [-0.05, 0) is 31.5 Å². The molecule has 0 fully saturated rings. The Hall–Kier alpha value is -0.890. The Balaban J connectivity index is 3.37. The summed E-state index contributed by atoms with van der Waals surface area (Å²) < 4.78 is 12.9. The smallest absolute Gasteiger partial charge is 0.161 e. The summed E-state index contributed by atoms with van der Waals surface area (Å²) in [7, 11) is 0. The van der Waals surface area contributed by atoms with E-state index in [1.807, 2.05) is 0 Å². The second-order valence-corrected chi connectivity index (χ2v) is 3.04. The number of rotatable bonds is 1. The molecule has 1 nitrogen and oxygen atoms in total. The van der Waals surface area contributed by atoms with Crippen LogP contribution < -0.4 is 0 Å². The lowest BCUT2D eigenvalue weighted by molar-refractivity contribution is 0.101. The third kappa shape index (κ3) is 1.64. The molecule has 0 bridgehead atoms. The van der Waals surface area contributed by atoms with E-state index in [-0.39, 0.29) is 16.4 Å². The molecule has 0 unspecified atom stereocenters. The van der Waals surface area contributed by atoms with Crippen molar-refractivity contribution in [3.05, 3.63) is 34.1 Å². The maximum absolute atomic E-state index is 12.9. The summed E-state index contributed by atoms with van der Waals surface area (Å²) >= 11 is 5.56. The fourth-order valence-corrected chi connectivity index (χ4v) is 1.22. The average molecular weight is 187 g/mol. The number of benzene rings is 1. The van der Waals surface area contributed by atoms with Crippen molar-refractivity contribution in [3.8, 4) is 0 Å². The first kappa shape index (κ1) is 9.20. The van der Waals surface area contributed by atoms with E-state index in [9.17, 15) is 9.18 Å². The molecule has 0 aromatic heterocycles. The predicted molar refractivity (Wildman–Crippen MR) is 46.2 cm³/mol. The molecule has 0 heterocycles. The quantitative estimate of drug-likeness (QED) is 0.617. The van der Waals surface area contributed by atoms with E-state index in [2.05, 4.69) is 0 Å². The number of halogens is 2. The van der Waals surface area contributed by atoms with Crippen molar-refractivity contribution < 1.29 is 9.18 Å². The van der Waals surface area contributed by atoms with E-state index in [0.717, 1.165) is 0 Å². The van der Waals surface area contributed by atoms with Crippen LogP contribution in [0.3, 0.4) is 0 Å². The second-order valence-electron chi connectivity index (χ2n) is 2.66. The van der Waals surface area contributed by atoms with E-state index in [1.54, 1.807) is 13.0 Å². The summed E-state index contributed by atoms with van der Waals surface area (Å²) in [5, 5.41) is -0.0897. The van der Waals surface area contributed by atoms with Crippen LogP contribution in [-0.4, -0.2) is 5.78 Å². The first-order valence-corrected chi connectivity index (χ1v) is 3.86. The van der Waals surface area contributed by atoms with Gasteiger partial charge in [-0.15, -0.1) is 0 Å². The number of Topliss-reactive ketones (excluding diaryl/α,β-unsaturated/α-hetero) is 1. The van der Waals surface area contributed by atoms with Gasteiger partial charge in [0.1, 0.15) is 5.82 Å². The van der Waals surface area contributed by atoms with Crippen LogP contribution in [0.15, 0.2) is 12.1 Å². The fourth-order valence-electron chi connectivity index (χ4n) is 0.981. The summed E-state index contributed by atoms with van der Waals surface area (Å²) in [6, 6.07) is 2.88. The number of carbonyl (C=O) groups excluding carboxylic acids is 1. The van der Waals surface area contributed by atoms with Gasteiger partial charge >= 0.3 is 0 Å². The lowest BCUT2D eigenvalue weighted by Gasteiger charge is -2.02. The normalized spacial score (nSPS) is 10.0. The monoisotopic (exact) mass is 186 g/mol. The first-order valence-electron chi connectivity index (χ1n) is 3.49. The van der Waals surface area contributed by atoms with Gasteiger partial charge in [-0.25, -0.2) is 4.39 Å². The van der Waals surface area contributed by atoms with E-state index in [1.165, 1.54) is 13.0 Å². The SMILES string of the molecule is CC(=O)c1cc(C)cc(F)c1Cl. The molecule has 1 aromatic carbocycles. The van der Waals surface area contributed by atoms with Gasteiger partial charge in [0, 0.05) is 5.56 Å².